The molecule has 3 aliphatic heterocycles. The molecule has 0 spiro atoms. The van der Waals surface area contributed by atoms with Gasteiger partial charge >= 0.3 is 0 Å². The predicted molar refractivity (Wildman–Crippen MR) is 171 cm³/mol. The van der Waals surface area contributed by atoms with Crippen molar-refractivity contribution in [2.45, 2.75) is 92.1 Å². The fourth-order valence-corrected chi connectivity index (χ4v) is 6.31. The minimum absolute atomic E-state index is 0.0362. The molecule has 20 heteroatoms. The van der Waals surface area contributed by atoms with Crippen molar-refractivity contribution in [2.24, 2.45) is 0 Å². The van der Waals surface area contributed by atoms with Gasteiger partial charge in [-0.25, -0.2) is 0 Å². The van der Waals surface area contributed by atoms with Gasteiger partial charge < -0.3 is 94.1 Å². The smallest absolute Gasteiger partial charge is 0.229 e. The zero-order valence-electron chi connectivity index (χ0n) is 27.5. The van der Waals surface area contributed by atoms with Crippen LogP contribution in [0.3, 0.4) is 0 Å². The molecule has 53 heavy (non-hydrogen) atoms. The molecule has 6 rings (SSSR count). The lowest BCUT2D eigenvalue weighted by Crippen LogP contribution is -2.67. The molecule has 3 aliphatic rings. The highest BCUT2D eigenvalue weighted by Crippen LogP contribution is 2.36. The van der Waals surface area contributed by atoms with Crippen LogP contribution >= 0.6 is 0 Å². The molecule has 0 unspecified atom stereocenters. The molecule has 12 N–H and O–H groups in total. The Morgan fingerprint density at radius 1 is 0.585 bits per heavy atom. The zero-order valence-corrected chi connectivity index (χ0v) is 27.5. The maximum Gasteiger partial charge on any atom is 0.229 e. The molecule has 292 valence electrons. The number of rotatable bonds is 10. The molecule has 3 aromatic rings. The summed E-state index contributed by atoms with van der Waals surface area (Å²) in [7, 11) is 0. The third-order valence-corrected chi connectivity index (χ3v) is 9.27. The summed E-state index contributed by atoms with van der Waals surface area (Å²) in [5.74, 6) is -0.817. The van der Waals surface area contributed by atoms with Crippen molar-refractivity contribution >= 4 is 11.0 Å². The van der Waals surface area contributed by atoms with Crippen LogP contribution in [0.15, 0.2) is 51.7 Å². The van der Waals surface area contributed by atoms with E-state index in [1.54, 1.807) is 0 Å². The van der Waals surface area contributed by atoms with Gasteiger partial charge in [0.05, 0.1) is 19.8 Å². The van der Waals surface area contributed by atoms with E-state index in [1.807, 2.05) is 0 Å². The van der Waals surface area contributed by atoms with Gasteiger partial charge in [-0.05, 0) is 24.3 Å². The number of aliphatic hydroxyl groups is 10. The van der Waals surface area contributed by atoms with Gasteiger partial charge in [-0.3, -0.25) is 4.79 Å². The van der Waals surface area contributed by atoms with E-state index in [4.69, 9.17) is 32.8 Å². The summed E-state index contributed by atoms with van der Waals surface area (Å²) >= 11 is 0. The van der Waals surface area contributed by atoms with E-state index in [2.05, 4.69) is 0 Å². The summed E-state index contributed by atoms with van der Waals surface area (Å²) in [6.45, 7) is -2.54. The van der Waals surface area contributed by atoms with Crippen LogP contribution in [0, 0.1) is 0 Å². The van der Waals surface area contributed by atoms with Crippen molar-refractivity contribution < 1.29 is 94.1 Å². The van der Waals surface area contributed by atoms with E-state index in [1.165, 1.54) is 30.3 Å². The second kappa shape index (κ2) is 16.0. The molecule has 0 aliphatic carbocycles. The largest absolute Gasteiger partial charge is 0.508 e. The Bertz CT molecular complexity index is 1750. The normalized spacial score (nSPS) is 37.8. The molecule has 20 nitrogen and oxygen atoms in total. The van der Waals surface area contributed by atoms with Gasteiger partial charge in [-0.15, -0.1) is 0 Å². The molecule has 2 aromatic carbocycles. The summed E-state index contributed by atoms with van der Waals surface area (Å²) in [5.41, 5.74) is -0.401. The molecular formula is C33H40O20. The molecule has 0 amide bonds. The van der Waals surface area contributed by atoms with Crippen molar-refractivity contribution in [2.75, 3.05) is 19.8 Å². The Morgan fingerprint density at radius 2 is 1.09 bits per heavy atom. The second-order valence-electron chi connectivity index (χ2n) is 12.8. The van der Waals surface area contributed by atoms with Gasteiger partial charge in [0.1, 0.15) is 101 Å². The molecule has 3 fully saturated rings. The van der Waals surface area contributed by atoms with Gasteiger partial charge in [-0.2, -0.15) is 0 Å². The van der Waals surface area contributed by atoms with Crippen LogP contribution < -0.4 is 10.2 Å². The third kappa shape index (κ3) is 7.71. The lowest BCUT2D eigenvalue weighted by atomic mass is 9.96. The van der Waals surface area contributed by atoms with Gasteiger partial charge in [0.2, 0.25) is 6.29 Å². The van der Waals surface area contributed by atoms with E-state index >= 15 is 0 Å². The predicted octanol–water partition coefficient (Wildman–Crippen LogP) is -4.30. The first-order valence-electron chi connectivity index (χ1n) is 16.4. The quantitative estimate of drug-likeness (QED) is 0.0931. The summed E-state index contributed by atoms with van der Waals surface area (Å²) in [6, 6.07) is 9.03. The second-order valence-corrected chi connectivity index (χ2v) is 12.8. The molecule has 0 bridgehead atoms. The minimum Gasteiger partial charge on any atom is -0.508 e. The Kier molecular flexibility index (Phi) is 11.9. The minimum atomic E-state index is -1.99. The Morgan fingerprint density at radius 3 is 1.68 bits per heavy atom. The van der Waals surface area contributed by atoms with Crippen LogP contribution in [0.1, 0.15) is 0 Å². The average molecular weight is 757 g/mol. The standard InChI is InChI=1S/C33H40O20/c34-8-18-22(40)25(43)28(46)31(49-18)52-30-27(45)24(42)20(10-36)51-33(30)53-29-26(44)23(41)19(9-35)50-32(29)47-13-5-14(38)21-15(39)7-16(48-17(21)6-13)11-1-3-12(37)4-2-11/h1-7,18-20,22-38,40-46H,8-10H2/t18-,19-,20-,22-,23-,24-,25+,26+,27+,28-,29+,30-,31+,32-,33+/m1/s1. The summed E-state index contributed by atoms with van der Waals surface area (Å²) in [6.07, 6.45) is -27.1. The van der Waals surface area contributed by atoms with Crippen LogP contribution in [0.2, 0.25) is 0 Å². The highest BCUT2D eigenvalue weighted by atomic mass is 16.8. The molecule has 4 heterocycles. The molecule has 15 atom stereocenters. The van der Waals surface area contributed by atoms with E-state index in [-0.39, 0.29) is 28.2 Å². The fraction of sp³-hybridized carbons (Fsp3) is 0.545. The highest BCUT2D eigenvalue weighted by Gasteiger charge is 2.54. The number of hydrogen-bond acceptors (Lipinski definition) is 20. The monoisotopic (exact) mass is 756 g/mol. The van der Waals surface area contributed by atoms with E-state index < -0.39 is 123 Å². The van der Waals surface area contributed by atoms with Gasteiger partial charge in [0.25, 0.3) is 0 Å². The number of fused-ring (bicyclic) bond motifs is 1. The maximum atomic E-state index is 13.0. The van der Waals surface area contributed by atoms with E-state index in [0.717, 1.165) is 12.1 Å². The average Bonchev–Trinajstić information content (AvgIpc) is 3.13. The van der Waals surface area contributed by atoms with Crippen LogP contribution in [0.4, 0.5) is 0 Å². The number of aliphatic hydroxyl groups excluding tert-OH is 10. The Balaban J connectivity index is 1.32. The van der Waals surface area contributed by atoms with Gasteiger partial charge in [0, 0.05) is 23.8 Å². The van der Waals surface area contributed by atoms with E-state index in [0.29, 0.717) is 5.56 Å². The zero-order chi connectivity index (χ0) is 38.3. The lowest BCUT2D eigenvalue weighted by Gasteiger charge is -2.48. The first kappa shape index (κ1) is 39.2. The lowest BCUT2D eigenvalue weighted by molar-refractivity contribution is -0.389. The fourth-order valence-electron chi connectivity index (χ4n) is 6.31. The number of phenolic OH excluding ortho intramolecular Hbond substituents is 2. The number of ether oxygens (including phenoxy) is 6. The SMILES string of the molecule is O=c1cc(-c2ccc(O)cc2)oc2cc(O[C@@H]3O[C@H](CO)[C@@H](O)[C@H](O)[C@@H]3O[C@@H]3O[C@H](CO)[C@@H](O)[C@H](O)[C@H]3O[C@@H]3O[C@H](CO)[C@@H](O)[C@H](O)[C@H]3O)cc(O)c12. The molecular weight excluding hydrogens is 716 g/mol. The summed E-state index contributed by atoms with van der Waals surface area (Å²) in [5, 5.41) is 124. The Hall–Kier alpha value is -3.55. The molecule has 3 saturated heterocycles. The van der Waals surface area contributed by atoms with Crippen LogP contribution in [-0.2, 0) is 23.7 Å². The highest BCUT2D eigenvalue weighted by molar-refractivity contribution is 5.86. The first-order chi connectivity index (χ1) is 25.3. The van der Waals surface area contributed by atoms with Crippen molar-refractivity contribution in [1.29, 1.82) is 0 Å². The van der Waals surface area contributed by atoms with E-state index in [9.17, 15) is 66.1 Å². The van der Waals surface area contributed by atoms with Gasteiger partial charge in [0.15, 0.2) is 24.1 Å². The van der Waals surface area contributed by atoms with Crippen molar-refractivity contribution in [3.63, 3.8) is 0 Å². The summed E-state index contributed by atoms with van der Waals surface area (Å²) < 4.78 is 40.1. The number of phenols is 2. The van der Waals surface area contributed by atoms with Crippen LogP contribution in [-0.4, -0.2) is 173 Å². The van der Waals surface area contributed by atoms with Crippen LogP contribution in [0.25, 0.3) is 22.3 Å². The topological polar surface area (TPSA) is 328 Å². The molecule has 0 saturated carbocycles. The number of aromatic hydroxyl groups is 2. The van der Waals surface area contributed by atoms with Crippen molar-refractivity contribution in [1.82, 2.24) is 0 Å². The van der Waals surface area contributed by atoms with Crippen molar-refractivity contribution in [3.05, 3.63) is 52.7 Å². The molecule has 0 radical (unpaired) electrons. The Labute approximate surface area is 298 Å². The third-order valence-electron chi connectivity index (χ3n) is 9.27. The van der Waals surface area contributed by atoms with Crippen LogP contribution in [0.5, 0.6) is 17.2 Å². The summed E-state index contributed by atoms with van der Waals surface area (Å²) in [4.78, 5) is 13.0. The number of benzene rings is 2. The molecule has 1 aromatic heterocycles. The number of hydrogen-bond donors (Lipinski definition) is 12. The van der Waals surface area contributed by atoms with Crippen molar-refractivity contribution in [3.8, 4) is 28.6 Å². The maximum absolute atomic E-state index is 13.0. The van der Waals surface area contributed by atoms with Gasteiger partial charge in [-0.1, -0.05) is 0 Å². The first-order valence-corrected chi connectivity index (χ1v) is 16.4.